The van der Waals surface area contributed by atoms with E-state index in [1.807, 2.05) is 24.3 Å². The number of fused-ring (bicyclic) bond motifs is 1. The second-order valence-electron chi connectivity index (χ2n) is 6.87. The maximum atomic E-state index is 12.7. The summed E-state index contributed by atoms with van der Waals surface area (Å²) in [4.78, 5) is 19.1. The lowest BCUT2D eigenvalue weighted by atomic mass is 10.2. The first-order valence-electron chi connectivity index (χ1n) is 9.15. The van der Waals surface area contributed by atoms with Crippen LogP contribution < -0.4 is 0 Å². The van der Waals surface area contributed by atoms with E-state index in [9.17, 15) is 13.2 Å². The number of nitrogens with zero attached hydrogens (tertiary/aromatic N) is 3. The molecule has 28 heavy (non-hydrogen) atoms. The van der Waals surface area contributed by atoms with Gasteiger partial charge in [0.25, 0.3) is 5.91 Å². The van der Waals surface area contributed by atoms with Gasteiger partial charge in [-0.2, -0.15) is 4.31 Å². The van der Waals surface area contributed by atoms with Crippen LogP contribution in [0.5, 0.6) is 0 Å². The molecule has 1 aliphatic heterocycles. The fraction of sp³-hybridized carbons (Fsp3) is 0.300. The van der Waals surface area contributed by atoms with Gasteiger partial charge in [0.2, 0.25) is 10.0 Å². The highest BCUT2D eigenvalue weighted by atomic mass is 32.2. The smallest absolute Gasteiger partial charge is 0.253 e. The van der Waals surface area contributed by atoms with Gasteiger partial charge in [-0.15, -0.1) is 11.3 Å². The fourth-order valence-electron chi connectivity index (χ4n) is 3.33. The minimum absolute atomic E-state index is 0.163. The molecule has 0 aliphatic carbocycles. The second-order valence-corrected chi connectivity index (χ2v) is 9.93. The molecule has 0 bridgehead atoms. The van der Waals surface area contributed by atoms with Gasteiger partial charge >= 0.3 is 0 Å². The average molecular weight is 416 g/mol. The Morgan fingerprint density at radius 3 is 2.46 bits per heavy atom. The molecule has 4 rings (SSSR count). The van der Waals surface area contributed by atoms with E-state index in [0.717, 1.165) is 28.1 Å². The van der Waals surface area contributed by atoms with Crippen molar-refractivity contribution in [1.82, 2.24) is 14.2 Å². The van der Waals surface area contributed by atoms with Gasteiger partial charge in [0, 0.05) is 25.7 Å². The number of aromatic nitrogens is 1. The Hall–Kier alpha value is -2.29. The second kappa shape index (κ2) is 7.62. The first-order chi connectivity index (χ1) is 13.4. The lowest BCUT2D eigenvalue weighted by Gasteiger charge is -2.17. The molecule has 0 N–H and O–H groups in total. The number of sulfonamides is 1. The number of hydrogen-bond donors (Lipinski definition) is 0. The van der Waals surface area contributed by atoms with E-state index in [4.69, 9.17) is 0 Å². The highest BCUT2D eigenvalue weighted by Gasteiger charge is 2.27. The molecule has 0 atom stereocenters. The number of rotatable bonds is 5. The van der Waals surface area contributed by atoms with Gasteiger partial charge in [-0.3, -0.25) is 4.79 Å². The van der Waals surface area contributed by atoms with Crippen LogP contribution in [0.3, 0.4) is 0 Å². The van der Waals surface area contributed by atoms with Gasteiger partial charge in [-0.25, -0.2) is 13.4 Å². The molecule has 2 aromatic carbocycles. The summed E-state index contributed by atoms with van der Waals surface area (Å²) in [5, 5.41) is 0.866. The molecule has 0 radical (unpaired) electrons. The van der Waals surface area contributed by atoms with E-state index < -0.39 is 10.0 Å². The number of carbonyl (C=O) groups is 1. The minimum atomic E-state index is -3.46. The van der Waals surface area contributed by atoms with Crippen molar-refractivity contribution >= 4 is 37.5 Å². The average Bonchev–Trinajstić information content (AvgIpc) is 3.37. The third-order valence-electron chi connectivity index (χ3n) is 4.86. The molecule has 2 heterocycles. The van der Waals surface area contributed by atoms with Gasteiger partial charge in [0.15, 0.2) is 0 Å². The largest absolute Gasteiger partial charge is 0.335 e. The normalized spacial score (nSPS) is 15.2. The molecule has 0 unspecified atom stereocenters. The molecule has 1 aromatic heterocycles. The lowest BCUT2D eigenvalue weighted by Crippen LogP contribution is -2.28. The fourth-order valence-corrected chi connectivity index (χ4v) is 5.87. The van der Waals surface area contributed by atoms with Crippen molar-refractivity contribution in [1.29, 1.82) is 0 Å². The molecule has 0 saturated carbocycles. The molecule has 1 saturated heterocycles. The van der Waals surface area contributed by atoms with Crippen molar-refractivity contribution in [3.05, 3.63) is 59.1 Å². The van der Waals surface area contributed by atoms with Gasteiger partial charge in [-0.05, 0) is 49.2 Å². The van der Waals surface area contributed by atoms with E-state index in [1.54, 1.807) is 35.4 Å². The first-order valence-corrected chi connectivity index (χ1v) is 11.4. The zero-order valence-electron chi connectivity index (χ0n) is 15.5. The highest BCUT2D eigenvalue weighted by molar-refractivity contribution is 7.89. The molecule has 6 nitrogen and oxygen atoms in total. The summed E-state index contributed by atoms with van der Waals surface area (Å²) >= 11 is 1.57. The van der Waals surface area contributed by atoms with Crippen molar-refractivity contribution < 1.29 is 13.2 Å². The van der Waals surface area contributed by atoms with Crippen LogP contribution in [-0.4, -0.2) is 48.7 Å². The van der Waals surface area contributed by atoms with Crippen LogP contribution in [0.2, 0.25) is 0 Å². The van der Waals surface area contributed by atoms with E-state index in [2.05, 4.69) is 4.98 Å². The number of para-hydroxylation sites is 1. The van der Waals surface area contributed by atoms with Gasteiger partial charge in [0.05, 0.1) is 21.7 Å². The number of benzene rings is 2. The zero-order valence-corrected chi connectivity index (χ0v) is 17.2. The van der Waals surface area contributed by atoms with Crippen LogP contribution in [0, 0.1) is 0 Å². The number of hydrogen-bond acceptors (Lipinski definition) is 5. The van der Waals surface area contributed by atoms with Crippen LogP contribution in [0.15, 0.2) is 53.4 Å². The number of carbonyl (C=O) groups excluding carboxylic acids is 1. The van der Waals surface area contributed by atoms with E-state index in [1.165, 1.54) is 16.4 Å². The maximum absolute atomic E-state index is 12.7. The van der Waals surface area contributed by atoms with Crippen molar-refractivity contribution in [2.75, 3.05) is 20.1 Å². The summed E-state index contributed by atoms with van der Waals surface area (Å²) < 4.78 is 27.8. The van der Waals surface area contributed by atoms with Crippen LogP contribution in [0.1, 0.15) is 28.2 Å². The maximum Gasteiger partial charge on any atom is 0.253 e. The van der Waals surface area contributed by atoms with Crippen molar-refractivity contribution in [2.45, 2.75) is 24.3 Å². The Bertz CT molecular complexity index is 1070. The Morgan fingerprint density at radius 1 is 1.11 bits per heavy atom. The summed E-state index contributed by atoms with van der Waals surface area (Å²) in [5.41, 5.74) is 1.39. The van der Waals surface area contributed by atoms with Crippen LogP contribution in [-0.2, 0) is 16.6 Å². The zero-order chi connectivity index (χ0) is 19.7. The molecule has 8 heteroatoms. The molecular formula is C20H21N3O3S2. The number of thiazole rings is 1. The summed E-state index contributed by atoms with van der Waals surface area (Å²) in [6.45, 7) is 1.54. The van der Waals surface area contributed by atoms with Crippen molar-refractivity contribution in [3.8, 4) is 0 Å². The Kier molecular flexibility index (Phi) is 5.18. The molecule has 1 fully saturated rings. The first kappa shape index (κ1) is 19.0. The van der Waals surface area contributed by atoms with Gasteiger partial charge < -0.3 is 4.90 Å². The number of amides is 1. The Morgan fingerprint density at radius 2 is 1.79 bits per heavy atom. The van der Waals surface area contributed by atoms with E-state index in [-0.39, 0.29) is 10.8 Å². The van der Waals surface area contributed by atoms with Crippen LogP contribution in [0.25, 0.3) is 10.2 Å². The molecule has 1 amide bonds. The van der Waals surface area contributed by atoms with Crippen LogP contribution >= 0.6 is 11.3 Å². The molecular weight excluding hydrogens is 394 g/mol. The highest BCUT2D eigenvalue weighted by Crippen LogP contribution is 2.24. The van der Waals surface area contributed by atoms with Gasteiger partial charge in [0.1, 0.15) is 5.01 Å². The predicted molar refractivity (Wildman–Crippen MR) is 110 cm³/mol. The summed E-state index contributed by atoms with van der Waals surface area (Å²) in [6, 6.07) is 14.1. The third kappa shape index (κ3) is 3.67. The Balaban J connectivity index is 1.48. The Labute approximate surface area is 168 Å². The van der Waals surface area contributed by atoms with E-state index >= 15 is 0 Å². The summed E-state index contributed by atoms with van der Waals surface area (Å²) in [7, 11) is -1.74. The minimum Gasteiger partial charge on any atom is -0.335 e. The molecule has 3 aromatic rings. The SMILES string of the molecule is CN(Cc1nc2ccccc2s1)C(=O)c1ccc(S(=O)(=O)N2CCCC2)cc1. The van der Waals surface area contributed by atoms with Crippen molar-refractivity contribution in [3.63, 3.8) is 0 Å². The lowest BCUT2D eigenvalue weighted by molar-refractivity contribution is 0.0785. The summed E-state index contributed by atoms with van der Waals surface area (Å²) in [6.07, 6.45) is 1.79. The topological polar surface area (TPSA) is 70.6 Å². The van der Waals surface area contributed by atoms with Crippen LogP contribution in [0.4, 0.5) is 0 Å². The van der Waals surface area contributed by atoms with E-state index in [0.29, 0.717) is 25.2 Å². The standard InChI is InChI=1S/C20H21N3O3S2/c1-22(14-19-21-17-6-2-3-7-18(17)27-19)20(24)15-8-10-16(11-9-15)28(25,26)23-12-4-5-13-23/h2-3,6-11H,4-5,12-14H2,1H3. The predicted octanol–water partition coefficient (Wildman–Crippen LogP) is 3.35. The monoisotopic (exact) mass is 415 g/mol. The summed E-state index contributed by atoms with van der Waals surface area (Å²) in [5.74, 6) is -0.163. The quantitative estimate of drug-likeness (QED) is 0.641. The molecule has 1 aliphatic rings. The molecule has 0 spiro atoms. The van der Waals surface area contributed by atoms with Crippen molar-refractivity contribution in [2.24, 2.45) is 0 Å². The van der Waals surface area contributed by atoms with Gasteiger partial charge in [-0.1, -0.05) is 12.1 Å². The molecule has 146 valence electrons. The third-order valence-corrected chi connectivity index (χ3v) is 7.80.